The Kier molecular flexibility index (Phi) is 7.13. The number of anilines is 1. The zero-order valence-electron chi connectivity index (χ0n) is 19.1. The van der Waals surface area contributed by atoms with Gasteiger partial charge in [-0.05, 0) is 50.5 Å². The maximum Gasteiger partial charge on any atom is 0.425 e. The van der Waals surface area contributed by atoms with Gasteiger partial charge in [0.1, 0.15) is 23.2 Å². The molecule has 1 atom stereocenters. The zero-order chi connectivity index (χ0) is 27.1. The van der Waals surface area contributed by atoms with Gasteiger partial charge in [-0.2, -0.15) is 13.2 Å². The highest BCUT2D eigenvalue weighted by Gasteiger charge is 2.39. The van der Waals surface area contributed by atoms with Gasteiger partial charge in [0.2, 0.25) is 0 Å². The molecule has 0 aliphatic carbocycles. The molecule has 0 fully saturated rings. The number of rotatable bonds is 6. The number of fused-ring (bicyclic) bond motifs is 1. The molecular weight excluding hydrogens is 525 g/mol. The predicted molar refractivity (Wildman–Crippen MR) is 123 cm³/mol. The van der Waals surface area contributed by atoms with Crippen LogP contribution in [0.3, 0.4) is 0 Å². The number of carboxylic acids is 1. The second-order valence-corrected chi connectivity index (χ2v) is 8.73. The molecule has 4 rings (SSSR count). The van der Waals surface area contributed by atoms with E-state index >= 15 is 4.39 Å². The number of nitrogens with one attached hydrogen (secondary N) is 1. The number of carbonyl (C=O) groups is 2. The van der Waals surface area contributed by atoms with E-state index in [-0.39, 0.29) is 22.1 Å². The molecule has 0 saturated carbocycles. The molecule has 1 aliphatic heterocycles. The molecule has 0 radical (unpaired) electrons. The Hall–Kier alpha value is -3.67. The molecule has 1 amide bonds. The van der Waals surface area contributed by atoms with Crippen molar-refractivity contribution in [3.63, 3.8) is 0 Å². The van der Waals surface area contributed by atoms with Crippen LogP contribution in [0, 0.1) is 11.6 Å². The van der Waals surface area contributed by atoms with Crippen LogP contribution in [0.5, 0.6) is 5.75 Å². The lowest BCUT2D eigenvalue weighted by molar-refractivity contribution is -0.189. The highest BCUT2D eigenvalue weighted by atomic mass is 35.5. The monoisotopic (exact) mass is 543 g/mol. The number of aromatic nitrogens is 2. The third kappa shape index (κ3) is 5.24. The number of aromatic carboxylic acids is 1. The van der Waals surface area contributed by atoms with Crippen molar-refractivity contribution in [2.45, 2.75) is 45.0 Å². The number of alkyl halides is 3. The van der Waals surface area contributed by atoms with Crippen LogP contribution in [0.1, 0.15) is 46.3 Å². The number of benzene rings is 2. The first-order chi connectivity index (χ1) is 17.4. The maximum absolute atomic E-state index is 15.4. The molecule has 0 spiro atoms. The van der Waals surface area contributed by atoms with E-state index in [0.29, 0.717) is 44.5 Å². The molecule has 1 aliphatic rings. The van der Waals surface area contributed by atoms with E-state index in [1.54, 1.807) is 0 Å². The normalized spacial score (nSPS) is 14.1. The van der Waals surface area contributed by atoms with Gasteiger partial charge in [0.05, 0.1) is 27.5 Å². The fraction of sp³-hybridized carbons (Fsp3) is 0.292. The molecule has 2 heterocycles. The van der Waals surface area contributed by atoms with Gasteiger partial charge in [-0.1, -0.05) is 17.7 Å². The summed E-state index contributed by atoms with van der Waals surface area (Å²) in [4.78, 5) is 28.7. The van der Waals surface area contributed by atoms with Crippen LogP contribution in [0.2, 0.25) is 5.02 Å². The summed E-state index contributed by atoms with van der Waals surface area (Å²) in [6, 6.07) is 5.02. The van der Waals surface area contributed by atoms with E-state index in [4.69, 9.17) is 16.3 Å². The number of carboxylic acid groups (broad SMARTS) is 1. The van der Waals surface area contributed by atoms with Crippen LogP contribution in [0.4, 0.5) is 27.6 Å². The molecule has 37 heavy (non-hydrogen) atoms. The highest BCUT2D eigenvalue weighted by Crippen LogP contribution is 2.36. The maximum atomic E-state index is 15.4. The average molecular weight is 544 g/mol. The van der Waals surface area contributed by atoms with Crippen molar-refractivity contribution < 1.29 is 41.4 Å². The zero-order valence-corrected chi connectivity index (χ0v) is 19.9. The first kappa shape index (κ1) is 26.4. The van der Waals surface area contributed by atoms with Crippen molar-refractivity contribution in [3.05, 3.63) is 63.9 Å². The molecule has 7 nitrogen and oxygen atoms in total. The number of amides is 1. The molecule has 1 aromatic heterocycles. The predicted octanol–water partition coefficient (Wildman–Crippen LogP) is 6.10. The van der Waals surface area contributed by atoms with Crippen LogP contribution in [-0.2, 0) is 13.0 Å². The Bertz CT molecular complexity index is 1370. The van der Waals surface area contributed by atoms with Gasteiger partial charge in [0.25, 0.3) is 5.91 Å². The number of halogens is 6. The molecule has 2 N–H and O–H groups in total. The third-order valence-electron chi connectivity index (χ3n) is 5.84. The van der Waals surface area contributed by atoms with Gasteiger partial charge in [-0.25, -0.2) is 18.6 Å². The summed E-state index contributed by atoms with van der Waals surface area (Å²) in [7, 11) is 0. The summed E-state index contributed by atoms with van der Waals surface area (Å²) < 4.78 is 75.9. The summed E-state index contributed by atoms with van der Waals surface area (Å²) in [5.74, 6) is -5.31. The number of para-hydroxylation sites is 1. The average Bonchev–Trinajstić information content (AvgIpc) is 3.21. The Morgan fingerprint density at radius 2 is 1.92 bits per heavy atom. The van der Waals surface area contributed by atoms with Crippen molar-refractivity contribution in [2.75, 3.05) is 5.32 Å². The summed E-state index contributed by atoms with van der Waals surface area (Å²) in [5.41, 5.74) is -1.42. The van der Waals surface area contributed by atoms with Crippen LogP contribution >= 0.6 is 11.6 Å². The second-order valence-electron chi connectivity index (χ2n) is 8.33. The lowest BCUT2D eigenvalue weighted by atomic mass is 10.1. The van der Waals surface area contributed by atoms with Gasteiger partial charge in [0, 0.05) is 6.54 Å². The molecule has 13 heteroatoms. The first-order valence-corrected chi connectivity index (χ1v) is 11.4. The number of ether oxygens (including phenoxy) is 1. The Morgan fingerprint density at radius 3 is 2.57 bits per heavy atom. The van der Waals surface area contributed by atoms with E-state index in [1.165, 1.54) is 16.7 Å². The van der Waals surface area contributed by atoms with Crippen molar-refractivity contribution >= 4 is 29.2 Å². The largest absolute Gasteiger partial charge is 0.480 e. The summed E-state index contributed by atoms with van der Waals surface area (Å²) in [5, 5.41) is 11.5. The van der Waals surface area contributed by atoms with Crippen molar-refractivity contribution in [2.24, 2.45) is 0 Å². The van der Waals surface area contributed by atoms with Crippen molar-refractivity contribution in [3.8, 4) is 17.1 Å². The fourth-order valence-corrected chi connectivity index (χ4v) is 4.19. The number of hydrogen-bond acceptors (Lipinski definition) is 4. The highest BCUT2D eigenvalue weighted by molar-refractivity contribution is 6.34. The van der Waals surface area contributed by atoms with Crippen molar-refractivity contribution in [1.29, 1.82) is 0 Å². The Morgan fingerprint density at radius 1 is 1.19 bits per heavy atom. The minimum Gasteiger partial charge on any atom is -0.480 e. The smallest absolute Gasteiger partial charge is 0.425 e. The number of carbonyl (C=O) groups excluding carboxylic acids is 1. The van der Waals surface area contributed by atoms with Gasteiger partial charge in [0.15, 0.2) is 11.8 Å². The minimum absolute atomic E-state index is 0.127. The summed E-state index contributed by atoms with van der Waals surface area (Å²) >= 11 is 5.91. The van der Waals surface area contributed by atoms with E-state index in [1.807, 2.05) is 0 Å². The molecule has 1 unspecified atom stereocenters. The van der Waals surface area contributed by atoms with Crippen LogP contribution < -0.4 is 10.1 Å². The molecular formula is C24H19ClF5N3O4. The van der Waals surface area contributed by atoms with Gasteiger partial charge < -0.3 is 19.7 Å². The van der Waals surface area contributed by atoms with Gasteiger partial charge in [-0.3, -0.25) is 4.79 Å². The van der Waals surface area contributed by atoms with Gasteiger partial charge in [-0.15, -0.1) is 0 Å². The quantitative estimate of drug-likeness (QED) is 0.367. The summed E-state index contributed by atoms with van der Waals surface area (Å²) in [6.45, 7) is 1.01. The fourth-order valence-electron chi connectivity index (χ4n) is 3.97. The first-order valence-electron chi connectivity index (χ1n) is 11.0. The lowest BCUT2D eigenvalue weighted by Gasteiger charge is -2.21. The number of imidazole rings is 1. The molecule has 0 saturated heterocycles. The van der Waals surface area contributed by atoms with Crippen LogP contribution in [-0.4, -0.2) is 38.8 Å². The van der Waals surface area contributed by atoms with Crippen LogP contribution in [0.15, 0.2) is 30.3 Å². The van der Waals surface area contributed by atoms with E-state index in [9.17, 15) is 32.3 Å². The molecule has 196 valence electrons. The minimum atomic E-state index is -4.83. The van der Waals surface area contributed by atoms with E-state index in [2.05, 4.69) is 10.3 Å². The van der Waals surface area contributed by atoms with E-state index < -0.39 is 52.8 Å². The summed E-state index contributed by atoms with van der Waals surface area (Å²) in [6.07, 6.45) is -5.54. The number of nitrogens with zero attached hydrogens (tertiary/aromatic N) is 2. The van der Waals surface area contributed by atoms with E-state index in [0.717, 1.165) is 12.1 Å². The Labute approximate surface area is 211 Å². The van der Waals surface area contributed by atoms with Gasteiger partial charge >= 0.3 is 12.1 Å². The topological polar surface area (TPSA) is 93.4 Å². The Balaban J connectivity index is 1.84. The standard InChI is InChI=1S/C24H19ClF5N3O4/c1-11(24(28,29)30)37-18-10-12(21-31-20(23(35)36)17-7-2-3-8-33(17)21)16(27)9-13(18)22(34)32-19-14(25)5-4-6-15(19)26/h4-6,9-11H,2-3,7-8H2,1H3,(H,32,34)(H,35,36). The molecule has 0 bridgehead atoms. The lowest BCUT2D eigenvalue weighted by Crippen LogP contribution is -2.32. The molecule has 2 aromatic carbocycles. The second kappa shape index (κ2) is 10.0. The van der Waals surface area contributed by atoms with Crippen LogP contribution in [0.25, 0.3) is 11.4 Å². The molecule has 3 aromatic rings. The number of hydrogen-bond donors (Lipinski definition) is 2. The SMILES string of the molecule is CC(Oc1cc(-c2nc(C(=O)O)c3n2CCCC3)c(F)cc1C(=O)Nc1c(F)cccc1Cl)C(F)(F)F. The van der Waals surface area contributed by atoms with Crippen molar-refractivity contribution in [1.82, 2.24) is 9.55 Å². The third-order valence-corrected chi connectivity index (χ3v) is 6.16.